The topological polar surface area (TPSA) is 127 Å². The first kappa shape index (κ1) is 17.4. The van der Waals surface area contributed by atoms with Crippen LogP contribution >= 0.6 is 0 Å². The molecule has 9 heteroatoms. The van der Waals surface area contributed by atoms with Crippen LogP contribution in [-0.2, 0) is 16.6 Å². The van der Waals surface area contributed by atoms with Crippen molar-refractivity contribution in [2.45, 2.75) is 43.7 Å². The van der Waals surface area contributed by atoms with Crippen molar-refractivity contribution in [3.63, 3.8) is 0 Å². The van der Waals surface area contributed by atoms with E-state index in [0.717, 1.165) is 12.8 Å². The van der Waals surface area contributed by atoms with Gasteiger partial charge in [0.05, 0.1) is 22.7 Å². The number of anilines is 1. The zero-order valence-electron chi connectivity index (χ0n) is 14.0. The molecule has 4 N–H and O–H groups in total. The fourth-order valence-corrected chi connectivity index (χ4v) is 3.83. The van der Waals surface area contributed by atoms with E-state index in [1.165, 1.54) is 18.2 Å². The number of nitrogens with zero attached hydrogens (tertiary/aromatic N) is 1. The fraction of sp³-hybridized carbons (Fsp3) is 0.375. The summed E-state index contributed by atoms with van der Waals surface area (Å²) in [5.74, 6) is 0.0118. The Bertz CT molecular complexity index is 916. The average Bonchev–Trinajstić information content (AvgIpc) is 3.10. The predicted octanol–water partition coefficient (Wildman–Crippen LogP) is 1.33. The number of amides is 1. The second-order valence-corrected chi connectivity index (χ2v) is 8.21. The Morgan fingerprint density at radius 3 is 2.68 bits per heavy atom. The molecule has 0 unspecified atom stereocenters. The van der Waals surface area contributed by atoms with E-state index in [1.54, 1.807) is 13.0 Å². The molecule has 1 saturated carbocycles. The van der Waals surface area contributed by atoms with Gasteiger partial charge in [0.2, 0.25) is 10.0 Å². The fourth-order valence-electron chi connectivity index (χ4n) is 2.33. The van der Waals surface area contributed by atoms with Gasteiger partial charge >= 0.3 is 0 Å². The molecule has 1 aromatic heterocycles. The number of aromatic nitrogens is 1. The second kappa shape index (κ2) is 6.16. The van der Waals surface area contributed by atoms with Crippen molar-refractivity contribution in [3.05, 3.63) is 41.3 Å². The minimum Gasteiger partial charge on any atom is -0.398 e. The van der Waals surface area contributed by atoms with E-state index in [9.17, 15) is 13.2 Å². The number of benzene rings is 1. The molecule has 1 aliphatic carbocycles. The van der Waals surface area contributed by atoms with Gasteiger partial charge in [0, 0.05) is 17.3 Å². The summed E-state index contributed by atoms with van der Waals surface area (Å²) in [4.78, 5) is 12.4. The number of hydrogen-bond donors (Lipinski definition) is 3. The molecule has 3 rings (SSSR count). The number of hydrogen-bond acceptors (Lipinski definition) is 6. The Kier molecular flexibility index (Phi) is 4.29. The number of aryl methyl sites for hydroxylation is 1. The Morgan fingerprint density at radius 1 is 1.36 bits per heavy atom. The van der Waals surface area contributed by atoms with Crippen LogP contribution in [0.3, 0.4) is 0 Å². The third kappa shape index (κ3) is 3.99. The molecule has 8 nitrogen and oxygen atoms in total. The molecule has 1 aromatic carbocycles. The van der Waals surface area contributed by atoms with Crippen molar-refractivity contribution in [3.8, 4) is 0 Å². The first-order valence-electron chi connectivity index (χ1n) is 7.82. The summed E-state index contributed by atoms with van der Waals surface area (Å²) in [7, 11) is -3.71. The molecular weight excluding hydrogens is 344 g/mol. The molecule has 1 amide bonds. The van der Waals surface area contributed by atoms with Crippen molar-refractivity contribution in [1.82, 2.24) is 15.2 Å². The number of rotatable bonds is 6. The highest BCUT2D eigenvalue weighted by molar-refractivity contribution is 7.89. The summed E-state index contributed by atoms with van der Waals surface area (Å²) in [6.07, 6.45) is 1.59. The van der Waals surface area contributed by atoms with Gasteiger partial charge in [-0.25, -0.2) is 13.1 Å². The third-order valence-electron chi connectivity index (χ3n) is 4.06. The monoisotopic (exact) mass is 364 g/mol. The van der Waals surface area contributed by atoms with Gasteiger partial charge in [-0.3, -0.25) is 4.79 Å². The lowest BCUT2D eigenvalue weighted by Gasteiger charge is -2.14. The lowest BCUT2D eigenvalue weighted by molar-refractivity contribution is 0.0947. The van der Waals surface area contributed by atoms with Crippen LogP contribution in [0, 0.1) is 6.92 Å². The summed E-state index contributed by atoms with van der Waals surface area (Å²) in [6.45, 7) is 3.75. The molecule has 2 aromatic rings. The van der Waals surface area contributed by atoms with Crippen molar-refractivity contribution in [2.24, 2.45) is 0 Å². The zero-order chi connectivity index (χ0) is 18.2. The first-order valence-corrected chi connectivity index (χ1v) is 9.31. The summed E-state index contributed by atoms with van der Waals surface area (Å²) in [5.41, 5.74) is 6.44. The molecule has 0 spiro atoms. The largest absolute Gasteiger partial charge is 0.398 e. The van der Waals surface area contributed by atoms with Crippen LogP contribution in [0.25, 0.3) is 0 Å². The quantitative estimate of drug-likeness (QED) is 0.664. The minimum atomic E-state index is -3.71. The van der Waals surface area contributed by atoms with Crippen molar-refractivity contribution in [2.75, 3.05) is 5.73 Å². The van der Waals surface area contributed by atoms with Gasteiger partial charge in [0.25, 0.3) is 5.91 Å². The number of carbonyl (C=O) groups is 1. The Balaban J connectivity index is 1.77. The van der Waals surface area contributed by atoms with Gasteiger partial charge in [0.1, 0.15) is 0 Å². The first-order chi connectivity index (χ1) is 11.7. The average molecular weight is 364 g/mol. The summed E-state index contributed by atoms with van der Waals surface area (Å²) >= 11 is 0. The van der Waals surface area contributed by atoms with Crippen LogP contribution in [0.2, 0.25) is 0 Å². The SMILES string of the molecule is Cc1cc(CNC(=O)c2cc(S(=O)(=O)NC3(C)CC3)ccc2N)on1. The lowest BCUT2D eigenvalue weighted by atomic mass is 10.1. The molecule has 1 heterocycles. The maximum absolute atomic E-state index is 12.4. The van der Waals surface area contributed by atoms with E-state index < -0.39 is 21.5 Å². The minimum absolute atomic E-state index is 0.00971. The molecule has 0 saturated heterocycles. The van der Waals surface area contributed by atoms with E-state index in [-0.39, 0.29) is 22.7 Å². The predicted molar refractivity (Wildman–Crippen MR) is 91.2 cm³/mol. The van der Waals surface area contributed by atoms with Crippen molar-refractivity contribution < 1.29 is 17.7 Å². The van der Waals surface area contributed by atoms with Crippen LogP contribution in [-0.4, -0.2) is 25.0 Å². The smallest absolute Gasteiger partial charge is 0.253 e. The van der Waals surface area contributed by atoms with Crippen LogP contribution in [0.4, 0.5) is 5.69 Å². The van der Waals surface area contributed by atoms with E-state index >= 15 is 0 Å². The van der Waals surface area contributed by atoms with Crippen molar-refractivity contribution in [1.29, 1.82) is 0 Å². The van der Waals surface area contributed by atoms with Gasteiger partial charge in [-0.15, -0.1) is 0 Å². The summed E-state index contributed by atoms with van der Waals surface area (Å²) < 4.78 is 32.6. The second-order valence-electron chi connectivity index (χ2n) is 6.53. The molecule has 134 valence electrons. The summed E-state index contributed by atoms with van der Waals surface area (Å²) in [6, 6.07) is 5.78. The molecule has 0 atom stereocenters. The van der Waals surface area contributed by atoms with Gasteiger partial charge < -0.3 is 15.6 Å². The van der Waals surface area contributed by atoms with E-state index in [2.05, 4.69) is 15.2 Å². The molecule has 0 radical (unpaired) electrons. The van der Waals surface area contributed by atoms with Gasteiger partial charge in [0.15, 0.2) is 5.76 Å². The third-order valence-corrected chi connectivity index (χ3v) is 5.70. The summed E-state index contributed by atoms with van der Waals surface area (Å²) in [5, 5.41) is 6.37. The highest BCUT2D eigenvalue weighted by Gasteiger charge is 2.41. The molecule has 1 aliphatic rings. The molecular formula is C16H20N4O4S. The standard InChI is InChI=1S/C16H20N4O4S/c1-10-7-11(24-19-10)9-18-15(21)13-8-12(3-4-14(13)17)25(22,23)20-16(2)5-6-16/h3-4,7-8,20H,5-6,9,17H2,1-2H3,(H,18,21). The number of nitrogen functional groups attached to an aromatic ring is 1. The van der Waals surface area contributed by atoms with Crippen molar-refractivity contribution >= 4 is 21.6 Å². The lowest BCUT2D eigenvalue weighted by Crippen LogP contribution is -2.34. The zero-order valence-corrected chi connectivity index (χ0v) is 14.8. The normalized spacial score (nSPS) is 15.8. The Hall–Kier alpha value is -2.39. The van der Waals surface area contributed by atoms with Crippen LogP contribution in [0.15, 0.2) is 33.7 Å². The van der Waals surface area contributed by atoms with Crippen LogP contribution in [0.5, 0.6) is 0 Å². The van der Waals surface area contributed by atoms with E-state index in [1.807, 2.05) is 6.92 Å². The van der Waals surface area contributed by atoms with Gasteiger partial charge in [-0.2, -0.15) is 0 Å². The Labute approximate surface area is 145 Å². The van der Waals surface area contributed by atoms with E-state index in [4.69, 9.17) is 10.3 Å². The van der Waals surface area contributed by atoms with Crippen LogP contribution in [0.1, 0.15) is 41.6 Å². The Morgan fingerprint density at radius 2 is 2.08 bits per heavy atom. The number of nitrogens with one attached hydrogen (secondary N) is 2. The van der Waals surface area contributed by atoms with Gasteiger partial charge in [-0.1, -0.05) is 5.16 Å². The van der Waals surface area contributed by atoms with Crippen LogP contribution < -0.4 is 15.8 Å². The highest BCUT2D eigenvalue weighted by Crippen LogP contribution is 2.36. The molecule has 0 aliphatic heterocycles. The molecule has 0 bridgehead atoms. The maximum Gasteiger partial charge on any atom is 0.253 e. The molecule has 25 heavy (non-hydrogen) atoms. The highest BCUT2D eigenvalue weighted by atomic mass is 32.2. The number of nitrogens with two attached hydrogens (primary N) is 1. The molecule has 1 fully saturated rings. The maximum atomic E-state index is 12.4. The number of sulfonamides is 1. The number of carbonyl (C=O) groups excluding carboxylic acids is 1. The van der Waals surface area contributed by atoms with E-state index in [0.29, 0.717) is 11.5 Å². The van der Waals surface area contributed by atoms with Gasteiger partial charge in [-0.05, 0) is 44.9 Å².